The van der Waals surface area contributed by atoms with Crippen molar-refractivity contribution < 1.29 is 9.47 Å². The summed E-state index contributed by atoms with van der Waals surface area (Å²) in [5.41, 5.74) is 3.37. The molecule has 2 aromatic carbocycles. The Labute approximate surface area is 165 Å². The minimum atomic E-state index is 0.413. The largest absolute Gasteiger partial charge is 0.490 e. The molecule has 3 aromatic rings. The van der Waals surface area contributed by atoms with Gasteiger partial charge < -0.3 is 14.8 Å². The van der Waals surface area contributed by atoms with Gasteiger partial charge in [0, 0.05) is 24.8 Å². The SMILES string of the molecule is CCOc1cc(CNCc2ccccc2)ccc1OCc1ccc(Cl)nc1. The van der Waals surface area contributed by atoms with Gasteiger partial charge in [-0.1, -0.05) is 54.1 Å². The molecule has 4 nitrogen and oxygen atoms in total. The Bertz CT molecular complexity index is 839. The summed E-state index contributed by atoms with van der Waals surface area (Å²) in [4.78, 5) is 4.07. The average molecular weight is 383 g/mol. The molecular formula is C22H23ClN2O2. The third kappa shape index (κ3) is 5.98. The van der Waals surface area contributed by atoms with E-state index in [1.165, 1.54) is 5.56 Å². The van der Waals surface area contributed by atoms with Gasteiger partial charge >= 0.3 is 0 Å². The monoisotopic (exact) mass is 382 g/mol. The lowest BCUT2D eigenvalue weighted by Gasteiger charge is -2.14. The summed E-state index contributed by atoms with van der Waals surface area (Å²) in [6.45, 7) is 4.55. The van der Waals surface area contributed by atoms with Gasteiger partial charge in [0.1, 0.15) is 11.8 Å². The fourth-order valence-corrected chi connectivity index (χ4v) is 2.76. The Hall–Kier alpha value is -2.56. The molecule has 27 heavy (non-hydrogen) atoms. The highest BCUT2D eigenvalue weighted by Crippen LogP contribution is 2.29. The molecule has 0 spiro atoms. The zero-order valence-electron chi connectivity index (χ0n) is 15.3. The molecule has 1 heterocycles. The van der Waals surface area contributed by atoms with Gasteiger partial charge in [0.25, 0.3) is 0 Å². The number of aromatic nitrogens is 1. The second kappa shape index (κ2) is 9.95. The Kier molecular flexibility index (Phi) is 7.08. The van der Waals surface area contributed by atoms with Gasteiger partial charge in [-0.15, -0.1) is 0 Å². The van der Waals surface area contributed by atoms with Crippen LogP contribution in [0.15, 0.2) is 66.9 Å². The van der Waals surface area contributed by atoms with Crippen molar-refractivity contribution in [3.8, 4) is 11.5 Å². The molecule has 0 saturated carbocycles. The van der Waals surface area contributed by atoms with E-state index in [1.54, 1.807) is 12.3 Å². The van der Waals surface area contributed by atoms with Crippen LogP contribution in [-0.4, -0.2) is 11.6 Å². The molecule has 140 valence electrons. The van der Waals surface area contributed by atoms with Crippen LogP contribution in [0, 0.1) is 0 Å². The van der Waals surface area contributed by atoms with Crippen LogP contribution in [0.4, 0.5) is 0 Å². The van der Waals surface area contributed by atoms with Crippen LogP contribution in [-0.2, 0) is 19.7 Å². The Morgan fingerprint density at radius 2 is 1.63 bits per heavy atom. The predicted molar refractivity (Wildman–Crippen MR) is 108 cm³/mol. The van der Waals surface area contributed by atoms with Crippen molar-refractivity contribution in [1.82, 2.24) is 10.3 Å². The number of rotatable bonds is 9. The molecule has 5 heteroatoms. The first kappa shape index (κ1) is 19.2. The van der Waals surface area contributed by atoms with E-state index >= 15 is 0 Å². The fourth-order valence-electron chi connectivity index (χ4n) is 2.65. The number of pyridine rings is 1. The second-order valence-corrected chi connectivity index (χ2v) is 6.47. The van der Waals surface area contributed by atoms with Crippen molar-refractivity contribution in [2.45, 2.75) is 26.6 Å². The Morgan fingerprint density at radius 3 is 2.37 bits per heavy atom. The molecule has 1 N–H and O–H groups in total. The third-order valence-electron chi connectivity index (χ3n) is 3.99. The van der Waals surface area contributed by atoms with E-state index in [-0.39, 0.29) is 0 Å². The van der Waals surface area contributed by atoms with Gasteiger partial charge in [0.2, 0.25) is 0 Å². The quantitative estimate of drug-likeness (QED) is 0.529. The maximum Gasteiger partial charge on any atom is 0.161 e. The van der Waals surface area contributed by atoms with Crippen molar-refractivity contribution in [1.29, 1.82) is 0 Å². The summed E-state index contributed by atoms with van der Waals surface area (Å²) in [6, 6.07) is 20.0. The number of hydrogen-bond donors (Lipinski definition) is 1. The van der Waals surface area contributed by atoms with E-state index in [0.29, 0.717) is 18.4 Å². The van der Waals surface area contributed by atoms with Crippen molar-refractivity contribution >= 4 is 11.6 Å². The van der Waals surface area contributed by atoms with Gasteiger partial charge in [-0.3, -0.25) is 0 Å². The number of halogens is 1. The van der Waals surface area contributed by atoms with Crippen LogP contribution in [0.2, 0.25) is 5.15 Å². The Morgan fingerprint density at radius 1 is 0.852 bits per heavy atom. The van der Waals surface area contributed by atoms with E-state index < -0.39 is 0 Å². The molecule has 0 saturated heterocycles. The van der Waals surface area contributed by atoms with Gasteiger partial charge in [0.15, 0.2) is 11.5 Å². The predicted octanol–water partition coefficient (Wildman–Crippen LogP) is 5.00. The number of hydrogen-bond acceptors (Lipinski definition) is 4. The molecule has 0 amide bonds. The lowest BCUT2D eigenvalue weighted by atomic mass is 10.2. The van der Waals surface area contributed by atoms with Gasteiger partial charge in [-0.05, 0) is 36.2 Å². The highest BCUT2D eigenvalue weighted by Gasteiger charge is 2.07. The van der Waals surface area contributed by atoms with E-state index in [4.69, 9.17) is 21.1 Å². The van der Waals surface area contributed by atoms with Gasteiger partial charge in [-0.2, -0.15) is 0 Å². The molecular weight excluding hydrogens is 360 g/mol. The number of benzene rings is 2. The minimum absolute atomic E-state index is 0.413. The van der Waals surface area contributed by atoms with Crippen LogP contribution < -0.4 is 14.8 Å². The van der Waals surface area contributed by atoms with E-state index in [1.807, 2.05) is 43.3 Å². The molecule has 0 atom stereocenters. The summed E-state index contributed by atoms with van der Waals surface area (Å²) < 4.78 is 11.7. The van der Waals surface area contributed by atoms with Gasteiger partial charge in [0.05, 0.1) is 6.61 Å². The summed E-state index contributed by atoms with van der Waals surface area (Å²) in [5.74, 6) is 1.47. The summed E-state index contributed by atoms with van der Waals surface area (Å²) in [6.07, 6.45) is 1.71. The minimum Gasteiger partial charge on any atom is -0.490 e. The van der Waals surface area contributed by atoms with Gasteiger partial charge in [-0.25, -0.2) is 4.98 Å². The number of nitrogens with zero attached hydrogens (tertiary/aromatic N) is 1. The van der Waals surface area contributed by atoms with Crippen LogP contribution >= 0.6 is 11.6 Å². The van der Waals surface area contributed by atoms with Crippen molar-refractivity contribution in [2.24, 2.45) is 0 Å². The van der Waals surface area contributed by atoms with Crippen LogP contribution in [0.25, 0.3) is 0 Å². The first-order chi connectivity index (χ1) is 13.2. The third-order valence-corrected chi connectivity index (χ3v) is 4.22. The normalized spacial score (nSPS) is 10.6. The zero-order valence-corrected chi connectivity index (χ0v) is 16.1. The van der Waals surface area contributed by atoms with Crippen molar-refractivity contribution in [3.05, 3.63) is 88.7 Å². The molecule has 1 aromatic heterocycles. The molecule has 3 rings (SSSR count). The van der Waals surface area contributed by atoms with E-state index in [2.05, 4.69) is 28.5 Å². The fraction of sp³-hybridized carbons (Fsp3) is 0.227. The van der Waals surface area contributed by atoms with Crippen LogP contribution in [0.3, 0.4) is 0 Å². The van der Waals surface area contributed by atoms with Crippen LogP contribution in [0.5, 0.6) is 11.5 Å². The first-order valence-electron chi connectivity index (χ1n) is 8.98. The molecule has 0 aliphatic carbocycles. The zero-order chi connectivity index (χ0) is 18.9. The molecule has 0 unspecified atom stereocenters. The topological polar surface area (TPSA) is 43.4 Å². The molecule has 0 radical (unpaired) electrons. The lowest BCUT2D eigenvalue weighted by molar-refractivity contribution is 0.269. The first-order valence-corrected chi connectivity index (χ1v) is 9.36. The summed E-state index contributed by atoms with van der Waals surface area (Å²) in [5, 5.41) is 3.93. The molecule has 0 fully saturated rings. The van der Waals surface area contributed by atoms with Crippen LogP contribution in [0.1, 0.15) is 23.6 Å². The van der Waals surface area contributed by atoms with Crippen molar-refractivity contribution in [3.63, 3.8) is 0 Å². The van der Waals surface area contributed by atoms with E-state index in [0.717, 1.165) is 35.7 Å². The molecule has 0 aliphatic rings. The average Bonchev–Trinajstić information content (AvgIpc) is 2.70. The lowest BCUT2D eigenvalue weighted by Crippen LogP contribution is -2.12. The second-order valence-electron chi connectivity index (χ2n) is 6.08. The number of nitrogens with one attached hydrogen (secondary N) is 1. The Balaban J connectivity index is 1.60. The summed E-state index contributed by atoms with van der Waals surface area (Å²) >= 11 is 5.82. The standard InChI is InChI=1S/C22H23ClN2O2/c1-2-26-21-12-18(14-24-13-17-6-4-3-5-7-17)8-10-20(21)27-16-19-9-11-22(23)25-15-19/h3-12,15,24H,2,13-14,16H2,1H3. The van der Waals surface area contributed by atoms with E-state index in [9.17, 15) is 0 Å². The van der Waals surface area contributed by atoms with Crippen molar-refractivity contribution in [2.75, 3.05) is 6.61 Å². The molecule has 0 aliphatic heterocycles. The molecule has 0 bridgehead atoms. The highest BCUT2D eigenvalue weighted by molar-refractivity contribution is 6.29. The number of ether oxygens (including phenoxy) is 2. The maximum atomic E-state index is 5.92. The maximum absolute atomic E-state index is 5.92. The highest BCUT2D eigenvalue weighted by atomic mass is 35.5. The summed E-state index contributed by atoms with van der Waals surface area (Å²) in [7, 11) is 0. The smallest absolute Gasteiger partial charge is 0.161 e.